The molecule has 0 aliphatic carbocycles. The SMILES string of the molecule is Nc1cc(OCC(CO)OCP(=O)(O)O)nc(N)n1. The van der Waals surface area contributed by atoms with Crippen molar-refractivity contribution in [1.29, 1.82) is 0 Å². The summed E-state index contributed by atoms with van der Waals surface area (Å²) in [6.07, 6.45) is -1.72. The fraction of sp³-hybridized carbons (Fsp3) is 0.500. The second-order valence-electron chi connectivity index (χ2n) is 3.57. The number of nitrogen functional groups attached to an aromatic ring is 2. The highest BCUT2D eigenvalue weighted by Crippen LogP contribution is 2.34. The maximum absolute atomic E-state index is 10.6. The van der Waals surface area contributed by atoms with Crippen molar-refractivity contribution in [3.63, 3.8) is 0 Å². The van der Waals surface area contributed by atoms with Crippen molar-refractivity contribution < 1.29 is 28.9 Å². The van der Waals surface area contributed by atoms with Gasteiger partial charge in [-0.2, -0.15) is 9.97 Å². The number of ether oxygens (including phenoxy) is 2. The molecule has 1 rings (SSSR count). The molecule has 0 saturated heterocycles. The van der Waals surface area contributed by atoms with Gasteiger partial charge in [0.15, 0.2) is 0 Å². The van der Waals surface area contributed by atoms with E-state index in [-0.39, 0.29) is 24.3 Å². The van der Waals surface area contributed by atoms with E-state index < -0.39 is 26.7 Å². The molecule has 0 aliphatic rings. The Morgan fingerprint density at radius 3 is 2.58 bits per heavy atom. The number of aliphatic hydroxyl groups excluding tert-OH is 1. The quantitative estimate of drug-likeness (QED) is 0.373. The van der Waals surface area contributed by atoms with Crippen molar-refractivity contribution in [2.45, 2.75) is 6.10 Å². The third kappa shape index (κ3) is 6.32. The Kier molecular flexibility index (Phi) is 5.45. The second-order valence-corrected chi connectivity index (χ2v) is 5.15. The molecule has 108 valence electrons. The number of aromatic nitrogens is 2. The van der Waals surface area contributed by atoms with E-state index in [0.29, 0.717) is 0 Å². The zero-order chi connectivity index (χ0) is 14.5. The summed E-state index contributed by atoms with van der Waals surface area (Å²) in [7, 11) is -4.30. The van der Waals surface area contributed by atoms with Crippen molar-refractivity contribution in [2.24, 2.45) is 0 Å². The number of nitrogens with two attached hydrogens (primary N) is 2. The normalized spacial score (nSPS) is 13.2. The average molecular weight is 294 g/mol. The van der Waals surface area contributed by atoms with Crippen LogP contribution in [0.1, 0.15) is 0 Å². The van der Waals surface area contributed by atoms with E-state index in [1.807, 2.05) is 0 Å². The van der Waals surface area contributed by atoms with Crippen LogP contribution in [-0.4, -0.2) is 50.5 Å². The van der Waals surface area contributed by atoms with E-state index >= 15 is 0 Å². The Labute approximate surface area is 108 Å². The van der Waals surface area contributed by atoms with Crippen molar-refractivity contribution in [2.75, 3.05) is 31.0 Å². The summed E-state index contributed by atoms with van der Waals surface area (Å²) in [5.41, 5.74) is 10.8. The van der Waals surface area contributed by atoms with Gasteiger partial charge in [-0.1, -0.05) is 0 Å². The Balaban J connectivity index is 2.50. The molecule has 7 N–H and O–H groups in total. The number of rotatable bonds is 7. The van der Waals surface area contributed by atoms with Crippen LogP contribution in [0.5, 0.6) is 5.88 Å². The first-order valence-electron chi connectivity index (χ1n) is 5.10. The fourth-order valence-corrected chi connectivity index (χ4v) is 1.47. The molecule has 10 nitrogen and oxygen atoms in total. The number of anilines is 2. The molecule has 1 aromatic heterocycles. The summed E-state index contributed by atoms with van der Waals surface area (Å²) < 4.78 is 20.5. The van der Waals surface area contributed by atoms with Crippen LogP contribution in [0.25, 0.3) is 0 Å². The smallest absolute Gasteiger partial charge is 0.350 e. The van der Waals surface area contributed by atoms with Gasteiger partial charge in [-0.3, -0.25) is 4.57 Å². The van der Waals surface area contributed by atoms with E-state index in [9.17, 15) is 4.57 Å². The van der Waals surface area contributed by atoms with Crippen LogP contribution in [0, 0.1) is 0 Å². The van der Waals surface area contributed by atoms with E-state index in [0.717, 1.165) is 0 Å². The van der Waals surface area contributed by atoms with Crippen LogP contribution in [0.2, 0.25) is 0 Å². The van der Waals surface area contributed by atoms with E-state index in [1.165, 1.54) is 6.07 Å². The topological polar surface area (TPSA) is 174 Å². The fourth-order valence-electron chi connectivity index (χ4n) is 1.07. The van der Waals surface area contributed by atoms with Gasteiger partial charge in [0.05, 0.1) is 6.61 Å². The molecule has 0 saturated carbocycles. The summed E-state index contributed by atoms with van der Waals surface area (Å²) in [5, 5.41) is 8.97. The van der Waals surface area contributed by atoms with Gasteiger partial charge < -0.3 is 35.8 Å². The predicted molar refractivity (Wildman–Crippen MR) is 65.2 cm³/mol. The predicted octanol–water partition coefficient (Wildman–Crippen LogP) is -1.47. The highest BCUT2D eigenvalue weighted by atomic mass is 31.2. The molecule has 0 amide bonds. The van der Waals surface area contributed by atoms with Gasteiger partial charge in [0.1, 0.15) is 24.9 Å². The number of aliphatic hydroxyl groups is 1. The Morgan fingerprint density at radius 2 is 2.05 bits per heavy atom. The molecule has 0 spiro atoms. The Bertz CT molecular complexity index is 446. The number of hydrogen-bond donors (Lipinski definition) is 5. The maximum atomic E-state index is 10.6. The van der Waals surface area contributed by atoms with Crippen molar-refractivity contribution in [1.82, 2.24) is 9.97 Å². The summed E-state index contributed by atoms with van der Waals surface area (Å²) in [4.78, 5) is 24.6. The first kappa shape index (κ1) is 15.6. The molecule has 1 atom stereocenters. The standard InChI is InChI=1S/C8H15N4O6P/c9-6-1-7(12-8(10)11-6)17-3-5(2-13)18-4-19(14,15)16/h1,5,13H,2-4H2,(H2,14,15,16)(H4,9,10,11,12). The molecule has 19 heavy (non-hydrogen) atoms. The van der Waals surface area contributed by atoms with Gasteiger partial charge in [-0.15, -0.1) is 0 Å². The minimum Gasteiger partial charge on any atom is -0.475 e. The molecule has 11 heteroatoms. The van der Waals surface area contributed by atoms with E-state index in [2.05, 4.69) is 9.97 Å². The highest BCUT2D eigenvalue weighted by molar-refractivity contribution is 7.51. The Hall–Kier alpha value is -1.45. The first-order chi connectivity index (χ1) is 8.80. The van der Waals surface area contributed by atoms with Crippen LogP contribution < -0.4 is 16.2 Å². The van der Waals surface area contributed by atoms with Gasteiger partial charge >= 0.3 is 7.60 Å². The monoisotopic (exact) mass is 294 g/mol. The van der Waals surface area contributed by atoms with Crippen LogP contribution in [0.15, 0.2) is 6.07 Å². The number of hydrogen-bond acceptors (Lipinski definition) is 8. The molecular weight excluding hydrogens is 279 g/mol. The van der Waals surface area contributed by atoms with E-state index in [4.69, 9.17) is 35.8 Å². The first-order valence-corrected chi connectivity index (χ1v) is 6.90. The van der Waals surface area contributed by atoms with Crippen molar-refractivity contribution in [3.8, 4) is 5.88 Å². The van der Waals surface area contributed by atoms with Gasteiger partial charge in [-0.05, 0) is 0 Å². The van der Waals surface area contributed by atoms with Crippen LogP contribution in [0.3, 0.4) is 0 Å². The van der Waals surface area contributed by atoms with E-state index in [1.54, 1.807) is 0 Å². The lowest BCUT2D eigenvalue weighted by Crippen LogP contribution is -2.26. The molecular formula is C8H15N4O6P. The molecule has 1 heterocycles. The third-order valence-corrected chi connectivity index (χ3v) is 2.32. The molecule has 1 aromatic rings. The third-order valence-electron chi connectivity index (χ3n) is 1.84. The van der Waals surface area contributed by atoms with Gasteiger partial charge in [0, 0.05) is 6.07 Å². The minimum absolute atomic E-state index is 0.0724. The van der Waals surface area contributed by atoms with Crippen molar-refractivity contribution in [3.05, 3.63) is 6.07 Å². The van der Waals surface area contributed by atoms with Crippen LogP contribution >= 0.6 is 7.60 Å². The summed E-state index contributed by atoms with van der Waals surface area (Å²) in [6, 6.07) is 1.31. The lowest BCUT2D eigenvalue weighted by Gasteiger charge is -2.16. The molecule has 0 fully saturated rings. The van der Waals surface area contributed by atoms with Gasteiger partial charge in [-0.25, -0.2) is 0 Å². The molecule has 1 unspecified atom stereocenters. The van der Waals surface area contributed by atoms with Crippen molar-refractivity contribution >= 4 is 19.4 Å². The molecule has 0 radical (unpaired) electrons. The minimum atomic E-state index is -4.30. The van der Waals surface area contributed by atoms with Crippen LogP contribution in [0.4, 0.5) is 11.8 Å². The molecule has 0 aromatic carbocycles. The summed E-state index contributed by atoms with van der Waals surface area (Å²) >= 11 is 0. The zero-order valence-corrected chi connectivity index (χ0v) is 10.7. The Morgan fingerprint density at radius 1 is 1.37 bits per heavy atom. The van der Waals surface area contributed by atoms with Gasteiger partial charge in [0.25, 0.3) is 0 Å². The largest absolute Gasteiger partial charge is 0.475 e. The lowest BCUT2D eigenvalue weighted by atomic mass is 10.4. The summed E-state index contributed by atoms with van der Waals surface area (Å²) in [5.74, 6) is 0.106. The second kappa shape index (κ2) is 6.64. The molecule has 0 aliphatic heterocycles. The molecule has 0 bridgehead atoms. The average Bonchev–Trinajstić information content (AvgIpc) is 2.26. The zero-order valence-electron chi connectivity index (χ0n) is 9.84. The lowest BCUT2D eigenvalue weighted by molar-refractivity contribution is 0.000511. The van der Waals surface area contributed by atoms with Gasteiger partial charge in [0.2, 0.25) is 11.8 Å². The van der Waals surface area contributed by atoms with Crippen LogP contribution in [-0.2, 0) is 9.30 Å². The summed E-state index contributed by atoms with van der Waals surface area (Å²) in [6.45, 7) is -0.650. The number of nitrogens with zero attached hydrogens (tertiary/aromatic N) is 2. The maximum Gasteiger partial charge on any atom is 0.350 e. The highest BCUT2D eigenvalue weighted by Gasteiger charge is 2.18.